The summed E-state index contributed by atoms with van der Waals surface area (Å²) in [6.45, 7) is 45.1. The molecule has 1 atom stereocenters. The van der Waals surface area contributed by atoms with E-state index in [1.54, 1.807) is 32.0 Å². The first-order chi connectivity index (χ1) is 38.9. The van der Waals surface area contributed by atoms with Gasteiger partial charge in [-0.05, 0) is 131 Å². The predicted molar refractivity (Wildman–Crippen MR) is 328 cm³/mol. The quantitative estimate of drug-likeness (QED) is 0.0277. The van der Waals surface area contributed by atoms with Crippen LogP contribution in [0.25, 0.3) is 4.13 Å². The van der Waals surface area contributed by atoms with E-state index in [0.29, 0.717) is 112 Å². The van der Waals surface area contributed by atoms with E-state index in [2.05, 4.69) is 80.9 Å². The van der Waals surface area contributed by atoms with E-state index >= 15 is 0 Å². The summed E-state index contributed by atoms with van der Waals surface area (Å²) in [5.41, 5.74) is -7.11. The van der Waals surface area contributed by atoms with Gasteiger partial charge in [-0.25, -0.2) is 16.8 Å². The van der Waals surface area contributed by atoms with Gasteiger partial charge in [0.05, 0.1) is 129 Å². The molecule has 1 unspecified atom stereocenters. The second-order valence-electron chi connectivity index (χ2n) is 23.3. The van der Waals surface area contributed by atoms with Crippen molar-refractivity contribution in [3.63, 3.8) is 0 Å². The van der Waals surface area contributed by atoms with Crippen molar-refractivity contribution in [2.75, 3.05) is 133 Å². The van der Waals surface area contributed by atoms with Crippen molar-refractivity contribution < 1.29 is 147 Å². The maximum Gasteiger partial charge on any atom is 1.00 e. The Bertz CT molecular complexity index is 2030. The van der Waals surface area contributed by atoms with Crippen LogP contribution in [0, 0.1) is 16.7 Å². The van der Waals surface area contributed by atoms with Crippen LogP contribution in [0.5, 0.6) is 0 Å². The van der Waals surface area contributed by atoms with Gasteiger partial charge in [-0.2, -0.15) is 13.2 Å². The molecule has 24 nitrogen and oxygen atoms in total. The van der Waals surface area contributed by atoms with Gasteiger partial charge in [0.25, 0.3) is 0 Å². The Morgan fingerprint density at radius 3 is 1.14 bits per heavy atom. The van der Waals surface area contributed by atoms with Crippen LogP contribution in [0.3, 0.4) is 0 Å². The Morgan fingerprint density at radius 1 is 0.477 bits per heavy atom. The van der Waals surface area contributed by atoms with Gasteiger partial charge in [-0.1, -0.05) is 27.7 Å². The summed E-state index contributed by atoms with van der Waals surface area (Å²) in [7, 11) is -20.6. The Balaban J connectivity index is -0.000000594. The van der Waals surface area contributed by atoms with E-state index < -0.39 is 98.2 Å². The maximum atomic E-state index is 12.1. The zero-order valence-electron chi connectivity index (χ0n) is 55.8. The van der Waals surface area contributed by atoms with E-state index in [0.717, 1.165) is 25.3 Å². The first-order valence-corrected chi connectivity index (χ1v) is 46.5. The van der Waals surface area contributed by atoms with E-state index in [4.69, 9.17) is 63.8 Å². The molecule has 0 bridgehead atoms. The smallest absolute Gasteiger partial charge is 0.465 e. The van der Waals surface area contributed by atoms with Gasteiger partial charge in [0.15, 0.2) is 26.7 Å². The first kappa shape index (κ1) is 92.0. The summed E-state index contributed by atoms with van der Waals surface area (Å²) in [4.78, 5) is 35.1. The fourth-order valence-corrected chi connectivity index (χ4v) is 32.0. The topological polar surface area (TPSA) is 281 Å². The molecule has 0 radical (unpaired) electrons. The monoisotopic (exact) mass is 1390 g/mol. The molecule has 0 amide bonds. The number of alkyl halides is 3. The summed E-state index contributed by atoms with van der Waals surface area (Å²) in [6, 6.07) is 0.925. The molecule has 0 saturated heterocycles. The second-order valence-corrected chi connectivity index (χ2v) is 46.3. The van der Waals surface area contributed by atoms with Crippen molar-refractivity contribution >= 4 is 80.6 Å². The SMILES string of the molecule is CCC(C)(C)C(=O)OCCC[Si](C)(C)O[Si](C)(C)O[Si](C)(C)O[Si](C)(C)O[Si](C)(C)C.CCC(C)(C)C(=O)OCCOS(=O)(=O)[N-]S(=O)(=O)C(F)(F)F.CCC(C)C(=O)OCCOCCOCCOCCOCCOCCOCCOCCOC.[Na+]. The molecule has 0 aliphatic carbocycles. The van der Waals surface area contributed by atoms with Crippen molar-refractivity contribution in [2.45, 2.75) is 165 Å². The first-order valence-electron chi connectivity index (χ1n) is 28.7. The van der Waals surface area contributed by atoms with Crippen molar-refractivity contribution in [3.05, 3.63) is 4.13 Å². The summed E-state index contributed by atoms with van der Waals surface area (Å²) in [6.07, 6.45) is 2.80. The van der Waals surface area contributed by atoms with Crippen molar-refractivity contribution in [1.29, 1.82) is 0 Å². The minimum atomic E-state index is -6.23. The molecule has 0 aromatic carbocycles. The number of methoxy groups -OCH3 is 1. The third-order valence-electron chi connectivity index (χ3n) is 11.3. The number of carbonyl (C=O) groups is 3. The summed E-state index contributed by atoms with van der Waals surface area (Å²) in [5.74, 6) is -1.03. The second kappa shape index (κ2) is 46.7. The van der Waals surface area contributed by atoms with E-state index in [1.165, 1.54) is 0 Å². The number of sulfonamides is 1. The number of halogens is 3. The Labute approximate surface area is 541 Å². The predicted octanol–water partition coefficient (Wildman–Crippen LogP) is 6.36. The molecule has 0 aliphatic heterocycles. The van der Waals surface area contributed by atoms with Crippen LogP contribution in [0.2, 0.25) is 78.1 Å². The minimum absolute atomic E-state index is 0. The number of hydrogen-bond acceptors (Lipinski definition) is 23. The third kappa shape index (κ3) is 52.2. The normalized spacial score (nSPS) is 13.4. The third-order valence-corrected chi connectivity index (χ3v) is 31.8. The molecule has 0 aliphatic rings. The van der Waals surface area contributed by atoms with Gasteiger partial charge >= 0.3 is 78.7 Å². The van der Waals surface area contributed by atoms with Gasteiger partial charge < -0.3 is 72.7 Å². The summed E-state index contributed by atoms with van der Waals surface area (Å²) in [5, 5.41) is 0. The van der Waals surface area contributed by atoms with E-state index in [9.17, 15) is 44.4 Å². The summed E-state index contributed by atoms with van der Waals surface area (Å²) < 4.78 is 168. The molecule has 0 heterocycles. The van der Waals surface area contributed by atoms with Crippen LogP contribution in [0.1, 0.15) is 81.1 Å². The number of carbonyl (C=O) groups excluding carboxylic acids is 3. The Morgan fingerprint density at radius 2 is 0.802 bits per heavy atom. The molecule has 0 aromatic rings. The molecule has 0 rings (SSSR count). The molecule has 0 N–H and O–H groups in total. The maximum absolute atomic E-state index is 12.1. The molecule has 35 heteroatoms. The zero-order valence-corrected chi connectivity index (χ0v) is 64.5. The molecular weight excluding hydrogens is 1280 g/mol. The summed E-state index contributed by atoms with van der Waals surface area (Å²) >= 11 is 0. The Kier molecular flexibility index (Phi) is 49.9. The number of ether oxygens (including phenoxy) is 11. The van der Waals surface area contributed by atoms with E-state index in [1.807, 2.05) is 34.6 Å². The molecule has 0 saturated carbocycles. The van der Waals surface area contributed by atoms with Gasteiger partial charge in [-0.3, -0.25) is 18.6 Å². The molecule has 0 spiro atoms. The van der Waals surface area contributed by atoms with Gasteiger partial charge in [0, 0.05) is 7.11 Å². The molecular formula is C51H109F3NNaO23S2Si5. The zero-order chi connectivity index (χ0) is 66.3. The van der Waals surface area contributed by atoms with Crippen LogP contribution in [0.15, 0.2) is 0 Å². The van der Waals surface area contributed by atoms with Crippen LogP contribution in [0.4, 0.5) is 13.2 Å². The van der Waals surface area contributed by atoms with Crippen LogP contribution >= 0.6 is 0 Å². The number of esters is 3. The van der Waals surface area contributed by atoms with Crippen LogP contribution in [-0.2, 0) is 107 Å². The van der Waals surface area contributed by atoms with Crippen molar-refractivity contribution in [3.8, 4) is 0 Å². The number of hydrogen-bond donors (Lipinski definition) is 0. The number of nitrogens with zero attached hydrogens (tertiary/aromatic N) is 1. The fraction of sp³-hybridized carbons (Fsp3) is 0.941. The number of rotatable bonds is 48. The fourth-order valence-electron chi connectivity index (χ4n) is 6.57. The molecule has 0 fully saturated rings. The molecule has 510 valence electrons. The molecule has 0 aromatic heterocycles. The average Bonchev–Trinajstić information content (AvgIpc) is 3.10. The standard InChI is InChI=1S/C22H44O10.C20H50O6Si5.C9H15F3NO7S2.Na/c1-4-21(2)22(23)32-20-19-31-18-17-30-16-15-29-14-13-28-12-11-27-10-9-26-8-7-25-6-5-24-3;1-15-20(2,3)19(21)22-17-16-18-28(7,8)24-30(11,12)26-31(13,14)25-29(9,10)23-27(4,5)6;1-4-8(2,3)7(14)19-5-6-20-22(17,18)13-21(15,16)9(10,11)12;/h21H,4-20H2,1-3H3;15-18H2,1-14H3;4-6H2,1-3H3;/q;;-1;+1. The van der Waals surface area contributed by atoms with Crippen LogP contribution < -0.4 is 29.6 Å². The van der Waals surface area contributed by atoms with E-state index in [-0.39, 0.29) is 54.0 Å². The van der Waals surface area contributed by atoms with Crippen molar-refractivity contribution in [2.24, 2.45) is 16.7 Å². The minimum Gasteiger partial charge on any atom is -0.465 e. The average molecular weight is 1390 g/mol. The van der Waals surface area contributed by atoms with Gasteiger partial charge in [0.2, 0.25) is 10.3 Å². The molecule has 86 heavy (non-hydrogen) atoms. The largest absolute Gasteiger partial charge is 1.00 e. The van der Waals surface area contributed by atoms with Crippen molar-refractivity contribution in [1.82, 2.24) is 0 Å². The van der Waals surface area contributed by atoms with Gasteiger partial charge in [0.1, 0.15) is 13.2 Å². The van der Waals surface area contributed by atoms with Gasteiger partial charge in [-0.15, -0.1) is 0 Å². The Hall–Kier alpha value is -0.376. The van der Waals surface area contributed by atoms with Crippen LogP contribution in [-0.4, -0.2) is 215 Å².